The lowest BCUT2D eigenvalue weighted by Gasteiger charge is -2.48. The molecule has 3 heterocycles. The van der Waals surface area contributed by atoms with Crippen molar-refractivity contribution in [3.8, 4) is 0 Å². The predicted molar refractivity (Wildman–Crippen MR) is 374 cm³/mol. The van der Waals surface area contributed by atoms with Crippen LogP contribution in [0.15, 0.2) is 109 Å². The van der Waals surface area contributed by atoms with Gasteiger partial charge in [0.2, 0.25) is 5.91 Å². The van der Waals surface area contributed by atoms with Gasteiger partial charge in [0.05, 0.1) is 38.6 Å². The number of hydrogen-bond acceptors (Lipinski definition) is 18. The minimum absolute atomic E-state index is 0.206. The maximum Gasteiger partial charge on any atom is 0.220 e. The molecular weight excluding hydrogens is 1210 g/mol. The van der Waals surface area contributed by atoms with Gasteiger partial charge in [-0.15, -0.1) is 0 Å². The molecule has 0 bridgehead atoms. The number of carbonyl (C=O) groups is 1. The van der Waals surface area contributed by atoms with E-state index >= 15 is 0 Å². The Morgan fingerprint density at radius 1 is 0.389 bits per heavy atom. The number of allylic oxidation sites excluding steroid dienone is 17. The van der Waals surface area contributed by atoms with E-state index in [1.807, 2.05) is 6.08 Å². The van der Waals surface area contributed by atoms with Crippen molar-refractivity contribution in [2.75, 3.05) is 26.4 Å². The van der Waals surface area contributed by atoms with E-state index in [9.17, 15) is 61.0 Å². The van der Waals surface area contributed by atoms with Gasteiger partial charge < -0.3 is 89.9 Å². The van der Waals surface area contributed by atoms with Crippen molar-refractivity contribution in [3.63, 3.8) is 0 Å². The number of aliphatic hydroxyl groups excluding tert-OH is 11. The molecule has 0 aliphatic carbocycles. The number of nitrogens with one attached hydrogen (secondary N) is 1. The molecule has 17 unspecified atom stereocenters. The molecule has 3 fully saturated rings. The monoisotopic (exact) mass is 1340 g/mol. The van der Waals surface area contributed by atoms with E-state index in [1.165, 1.54) is 103 Å². The van der Waals surface area contributed by atoms with Crippen LogP contribution in [-0.2, 0) is 33.2 Å². The van der Waals surface area contributed by atoms with E-state index in [4.69, 9.17) is 28.4 Å². The minimum atomic E-state index is -1.99. The lowest BCUT2D eigenvalue weighted by atomic mass is 9.96. The summed E-state index contributed by atoms with van der Waals surface area (Å²) in [5.74, 6) is -0.303. The summed E-state index contributed by atoms with van der Waals surface area (Å²) in [7, 11) is 0. The minimum Gasteiger partial charge on any atom is -0.394 e. The zero-order chi connectivity index (χ0) is 68.9. The highest BCUT2D eigenvalue weighted by atomic mass is 16.8. The molecule has 19 nitrogen and oxygen atoms in total. The average Bonchev–Trinajstić information content (AvgIpc) is 0.786. The largest absolute Gasteiger partial charge is 0.394 e. The second-order valence-corrected chi connectivity index (χ2v) is 25.7. The number of ether oxygens (including phenoxy) is 6. The van der Waals surface area contributed by atoms with Gasteiger partial charge >= 0.3 is 0 Å². The fourth-order valence-electron chi connectivity index (χ4n) is 11.7. The SMILES string of the molecule is CC/C=C\C/C=C\C/C=C\C/C=C\C/C=C\C/C=C\C/C=C\C/C=C\CCCCCCC(=O)NC(COC1OC(CO)C(OC2OC(CO)C(OC3OC(CO)C(O)C(O)C3O)C(O)C2O)C(O)C1O)C(O)/C=C/CCCCCCCCCCCCCCCCCCCCC. The van der Waals surface area contributed by atoms with Crippen LogP contribution < -0.4 is 5.32 Å². The number of rotatable bonds is 55. The molecule has 0 aromatic carbocycles. The smallest absolute Gasteiger partial charge is 0.220 e. The van der Waals surface area contributed by atoms with Gasteiger partial charge in [-0.25, -0.2) is 0 Å². The zero-order valence-electron chi connectivity index (χ0n) is 57.9. The number of carbonyl (C=O) groups excluding carboxylic acids is 1. The lowest BCUT2D eigenvalue weighted by Crippen LogP contribution is -2.66. The van der Waals surface area contributed by atoms with Crippen molar-refractivity contribution in [2.45, 2.75) is 336 Å². The second-order valence-electron chi connectivity index (χ2n) is 25.7. The van der Waals surface area contributed by atoms with Crippen LogP contribution in [0, 0.1) is 0 Å². The van der Waals surface area contributed by atoms with Crippen LogP contribution in [0.25, 0.3) is 0 Å². The summed E-state index contributed by atoms with van der Waals surface area (Å²) in [6.07, 6.45) is 49.1. The summed E-state index contributed by atoms with van der Waals surface area (Å²) in [5.41, 5.74) is 0. The fraction of sp³-hybridized carbons (Fsp3) is 0.750. The van der Waals surface area contributed by atoms with Crippen LogP contribution in [0.4, 0.5) is 0 Å². The molecule has 3 aliphatic rings. The Balaban J connectivity index is 1.44. The molecule has 19 heteroatoms. The van der Waals surface area contributed by atoms with Crippen LogP contribution in [-0.4, -0.2) is 193 Å². The molecule has 17 atom stereocenters. The van der Waals surface area contributed by atoms with Crippen molar-refractivity contribution in [1.29, 1.82) is 0 Å². The highest BCUT2D eigenvalue weighted by molar-refractivity contribution is 5.76. The normalized spacial score (nSPS) is 27.9. The topological polar surface area (TPSA) is 307 Å². The first-order valence-electron chi connectivity index (χ1n) is 36.6. The zero-order valence-corrected chi connectivity index (χ0v) is 57.9. The van der Waals surface area contributed by atoms with E-state index in [0.29, 0.717) is 6.42 Å². The Hall–Kier alpha value is -3.55. The molecule has 0 aromatic rings. The molecule has 0 aromatic heterocycles. The molecular formula is C76H129NO18. The summed E-state index contributed by atoms with van der Waals surface area (Å²) in [5, 5.41) is 121. The van der Waals surface area contributed by atoms with Crippen molar-refractivity contribution >= 4 is 5.91 Å². The van der Waals surface area contributed by atoms with Gasteiger partial charge in [-0.05, 0) is 83.5 Å². The van der Waals surface area contributed by atoms with Crippen LogP contribution in [0.2, 0.25) is 0 Å². The summed E-state index contributed by atoms with van der Waals surface area (Å²) in [4.78, 5) is 13.4. The van der Waals surface area contributed by atoms with E-state index in [1.54, 1.807) is 6.08 Å². The highest BCUT2D eigenvalue weighted by Crippen LogP contribution is 2.33. The molecule has 95 heavy (non-hydrogen) atoms. The second kappa shape index (κ2) is 56.2. The number of hydrogen-bond donors (Lipinski definition) is 12. The van der Waals surface area contributed by atoms with Crippen molar-refractivity contribution in [3.05, 3.63) is 109 Å². The van der Waals surface area contributed by atoms with Gasteiger partial charge in [0.1, 0.15) is 73.2 Å². The molecule has 1 amide bonds. The molecule has 12 N–H and O–H groups in total. The molecule has 546 valence electrons. The third-order valence-electron chi connectivity index (χ3n) is 17.6. The van der Waals surface area contributed by atoms with E-state index in [0.717, 1.165) is 103 Å². The summed E-state index contributed by atoms with van der Waals surface area (Å²) < 4.78 is 34.4. The Labute approximate surface area is 570 Å². The van der Waals surface area contributed by atoms with Crippen molar-refractivity contribution in [2.24, 2.45) is 0 Å². The molecule has 0 radical (unpaired) electrons. The third kappa shape index (κ3) is 37.5. The quantitative estimate of drug-likeness (QED) is 0.0199. The van der Waals surface area contributed by atoms with Crippen LogP contribution in [0.1, 0.15) is 232 Å². The Kier molecular flexibility index (Phi) is 50.7. The summed E-state index contributed by atoms with van der Waals surface area (Å²) >= 11 is 0. The average molecular weight is 1340 g/mol. The Bertz CT molecular complexity index is 2140. The van der Waals surface area contributed by atoms with Crippen LogP contribution in [0.3, 0.4) is 0 Å². The first-order valence-corrected chi connectivity index (χ1v) is 36.6. The first-order chi connectivity index (χ1) is 46.3. The summed E-state index contributed by atoms with van der Waals surface area (Å²) in [6, 6.07) is -0.996. The molecule has 0 saturated carbocycles. The highest BCUT2D eigenvalue weighted by Gasteiger charge is 2.53. The number of aliphatic hydroxyl groups is 11. The lowest BCUT2D eigenvalue weighted by molar-refractivity contribution is -0.379. The number of amides is 1. The van der Waals surface area contributed by atoms with Gasteiger partial charge in [-0.3, -0.25) is 4.79 Å². The van der Waals surface area contributed by atoms with Crippen LogP contribution >= 0.6 is 0 Å². The molecule has 3 saturated heterocycles. The van der Waals surface area contributed by atoms with Crippen LogP contribution in [0.5, 0.6) is 0 Å². The molecule has 3 aliphatic heterocycles. The van der Waals surface area contributed by atoms with Crippen molar-refractivity contribution in [1.82, 2.24) is 5.32 Å². The maximum atomic E-state index is 13.4. The first kappa shape index (κ1) is 85.7. The predicted octanol–water partition coefficient (Wildman–Crippen LogP) is 10.6. The fourth-order valence-corrected chi connectivity index (χ4v) is 11.7. The Morgan fingerprint density at radius 3 is 1.14 bits per heavy atom. The van der Waals surface area contributed by atoms with Crippen molar-refractivity contribution < 1.29 is 89.4 Å². The molecule has 3 rings (SSSR count). The summed E-state index contributed by atoms with van der Waals surface area (Å²) in [6.45, 7) is 1.60. The van der Waals surface area contributed by atoms with Gasteiger partial charge in [0.15, 0.2) is 18.9 Å². The molecule has 0 spiro atoms. The van der Waals surface area contributed by atoms with E-state index in [-0.39, 0.29) is 18.9 Å². The van der Waals surface area contributed by atoms with Gasteiger partial charge in [-0.1, -0.05) is 252 Å². The number of unbranched alkanes of at least 4 members (excludes halogenated alkanes) is 23. The Morgan fingerprint density at radius 2 is 0.726 bits per heavy atom. The van der Waals surface area contributed by atoms with E-state index < -0.39 is 124 Å². The maximum absolute atomic E-state index is 13.4. The van der Waals surface area contributed by atoms with Gasteiger partial charge in [0, 0.05) is 6.42 Å². The van der Waals surface area contributed by atoms with E-state index in [2.05, 4.69) is 116 Å². The standard InChI is InChI=1S/C76H129NO18/c1-3-5-7-9-11-13-15-17-19-21-23-25-26-27-28-29-30-31-32-34-36-38-40-42-44-46-48-50-52-54-64(82)77-59(60(81)53-51-49-47-45-43-41-39-37-35-33-24-22-20-18-16-14-12-10-8-6-4-2)58-90-74-70(88)67(85)72(62(56-79)92-74)95-76-71(89)68(86)73(63(57-80)93-76)94-75-69(87)66(84)65(83)61(55-78)91-75/h5,7,11,13,17,19,23,25,27-28,30-31,34,36,40,42,51,53,59-63,65-76,78-81,83-89H,3-4,6,8-10,12,14-16,18,20-22,24,26,29,32-33,35,37-39,41,43-50,52,54-58H2,1-2H3,(H,77,82)/b7-5-,13-11-,19-17-,25-23-,28-27-,31-30-,36-34-,42-40-,53-51+. The third-order valence-corrected chi connectivity index (χ3v) is 17.6. The van der Waals surface area contributed by atoms with Gasteiger partial charge in [-0.2, -0.15) is 0 Å². The van der Waals surface area contributed by atoms with Gasteiger partial charge in [0.25, 0.3) is 0 Å².